The normalized spacial score (nSPS) is 26.1. The minimum Gasteiger partial charge on any atom is -0.300 e. The summed E-state index contributed by atoms with van der Waals surface area (Å²) in [6.45, 7) is 11.0. The zero-order chi connectivity index (χ0) is 14.0. The molecule has 0 fully saturated rings. The molecule has 1 nitrogen and oxygen atoms in total. The van der Waals surface area contributed by atoms with Gasteiger partial charge in [0.2, 0.25) is 0 Å². The smallest absolute Gasteiger partial charge is 0.134 e. The molecule has 0 radical (unpaired) electrons. The summed E-state index contributed by atoms with van der Waals surface area (Å²) in [4.78, 5) is 12.0. The van der Waals surface area contributed by atoms with Gasteiger partial charge in [0.15, 0.2) is 0 Å². The fourth-order valence-corrected chi connectivity index (χ4v) is 4.44. The van der Waals surface area contributed by atoms with Crippen LogP contribution in [0.5, 0.6) is 0 Å². The van der Waals surface area contributed by atoms with Crippen molar-refractivity contribution >= 4 is 5.78 Å². The molecule has 0 saturated heterocycles. The number of carbonyl (C=O) groups is 1. The lowest BCUT2D eigenvalue weighted by molar-refractivity contribution is -0.122. The molecule has 0 aliphatic heterocycles. The quantitative estimate of drug-likeness (QED) is 0.743. The van der Waals surface area contributed by atoms with Gasteiger partial charge in [-0.25, -0.2) is 0 Å². The third-order valence-electron chi connectivity index (χ3n) is 5.56. The highest BCUT2D eigenvalue weighted by Gasteiger charge is 2.45. The largest absolute Gasteiger partial charge is 0.300 e. The van der Waals surface area contributed by atoms with Crippen molar-refractivity contribution in [3.63, 3.8) is 0 Å². The zero-order valence-electron chi connectivity index (χ0n) is 12.8. The fourth-order valence-electron chi connectivity index (χ4n) is 4.44. The van der Waals surface area contributed by atoms with Crippen molar-refractivity contribution in [3.8, 4) is 0 Å². The van der Waals surface area contributed by atoms with Crippen LogP contribution in [0.3, 0.4) is 0 Å². The van der Waals surface area contributed by atoms with Gasteiger partial charge in [0.05, 0.1) is 0 Å². The highest BCUT2D eigenvalue weighted by Crippen LogP contribution is 2.50. The summed E-state index contributed by atoms with van der Waals surface area (Å²) in [5.74, 6) is 0.505. The molecule has 1 unspecified atom stereocenters. The number of ketones is 1. The number of carbonyl (C=O) groups excluding carboxylic acids is 1. The Morgan fingerprint density at radius 1 is 1.21 bits per heavy atom. The Bertz CT molecular complexity index is 563. The molecular formula is C18H24O. The average Bonchev–Trinajstić information content (AvgIpc) is 2.74. The summed E-state index contributed by atoms with van der Waals surface area (Å²) in [6.07, 6.45) is 3.35. The van der Waals surface area contributed by atoms with Crippen LogP contribution in [0, 0.1) is 5.92 Å². The van der Waals surface area contributed by atoms with Crippen LogP contribution in [0.4, 0.5) is 0 Å². The molecule has 1 heteroatoms. The Morgan fingerprint density at radius 3 is 2.53 bits per heavy atom. The predicted molar refractivity (Wildman–Crippen MR) is 78.7 cm³/mol. The van der Waals surface area contributed by atoms with E-state index < -0.39 is 0 Å². The van der Waals surface area contributed by atoms with E-state index in [1.54, 1.807) is 12.5 Å². The summed E-state index contributed by atoms with van der Waals surface area (Å²) in [6, 6.07) is 4.60. The molecule has 0 bridgehead atoms. The Hall–Kier alpha value is -1.11. The maximum atomic E-state index is 12.0. The Balaban J connectivity index is 2.20. The summed E-state index contributed by atoms with van der Waals surface area (Å²) in [7, 11) is 0. The van der Waals surface area contributed by atoms with Crippen LogP contribution in [-0.4, -0.2) is 5.78 Å². The van der Waals surface area contributed by atoms with Crippen molar-refractivity contribution in [1.82, 2.24) is 0 Å². The lowest BCUT2D eigenvalue weighted by Gasteiger charge is -2.29. The lowest BCUT2D eigenvalue weighted by atomic mass is 9.74. The number of fused-ring (bicyclic) bond motifs is 3. The monoisotopic (exact) mass is 256 g/mol. The van der Waals surface area contributed by atoms with E-state index in [1.165, 1.54) is 29.5 Å². The van der Waals surface area contributed by atoms with Crippen molar-refractivity contribution in [1.29, 1.82) is 0 Å². The fraction of sp³-hybridized carbons (Fsp3) is 0.611. The maximum absolute atomic E-state index is 12.0. The van der Waals surface area contributed by atoms with Crippen molar-refractivity contribution < 1.29 is 4.79 Å². The second-order valence-corrected chi connectivity index (χ2v) is 7.60. The third-order valence-corrected chi connectivity index (χ3v) is 5.56. The van der Waals surface area contributed by atoms with E-state index in [1.807, 2.05) is 0 Å². The summed E-state index contributed by atoms with van der Waals surface area (Å²) >= 11 is 0. The number of benzene rings is 1. The molecule has 0 saturated carbocycles. The number of hydrogen-bond donors (Lipinski definition) is 0. The summed E-state index contributed by atoms with van der Waals surface area (Å²) < 4.78 is 0. The maximum Gasteiger partial charge on any atom is 0.134 e. The predicted octanol–water partition coefficient (Wildman–Crippen LogP) is 3.95. The molecular weight excluding hydrogens is 232 g/mol. The van der Waals surface area contributed by atoms with Gasteiger partial charge < -0.3 is 0 Å². The average molecular weight is 256 g/mol. The second-order valence-electron chi connectivity index (χ2n) is 7.60. The third kappa shape index (κ3) is 1.63. The van der Waals surface area contributed by atoms with E-state index in [9.17, 15) is 4.79 Å². The van der Waals surface area contributed by atoms with Gasteiger partial charge in [0.25, 0.3) is 0 Å². The number of Topliss-reactive ketones (excluding diaryl/α,β-unsaturated/α-hetero) is 1. The van der Waals surface area contributed by atoms with Gasteiger partial charge in [-0.05, 0) is 53.9 Å². The number of rotatable bonds is 1. The summed E-state index contributed by atoms with van der Waals surface area (Å²) in [5, 5.41) is 0. The Kier molecular flexibility index (Phi) is 2.52. The molecule has 1 aromatic rings. The highest BCUT2D eigenvalue weighted by atomic mass is 16.1. The van der Waals surface area contributed by atoms with E-state index in [0.717, 1.165) is 6.42 Å². The lowest BCUT2D eigenvalue weighted by Crippen LogP contribution is -2.30. The van der Waals surface area contributed by atoms with E-state index >= 15 is 0 Å². The van der Waals surface area contributed by atoms with Crippen LogP contribution in [0.15, 0.2) is 12.1 Å². The van der Waals surface area contributed by atoms with E-state index in [2.05, 4.69) is 39.8 Å². The minimum absolute atomic E-state index is 0.00688. The van der Waals surface area contributed by atoms with Crippen LogP contribution >= 0.6 is 0 Å². The topological polar surface area (TPSA) is 17.1 Å². The first-order valence-electron chi connectivity index (χ1n) is 7.41. The van der Waals surface area contributed by atoms with Gasteiger partial charge in [0.1, 0.15) is 5.78 Å². The van der Waals surface area contributed by atoms with Crippen LogP contribution in [0.25, 0.3) is 0 Å². The van der Waals surface area contributed by atoms with Gasteiger partial charge in [-0.15, -0.1) is 0 Å². The zero-order valence-corrected chi connectivity index (χ0v) is 12.8. The molecule has 1 aromatic carbocycles. The second kappa shape index (κ2) is 3.71. The standard InChI is InChI=1S/C18H24O/c1-11(19)15-10-12-6-7-14-13(8-9-17(14,2)3)16(12)18(15,4)5/h6-7,15H,8-10H2,1-5H3. The van der Waals surface area contributed by atoms with E-state index in [-0.39, 0.29) is 11.3 Å². The first-order chi connectivity index (χ1) is 8.75. The molecule has 2 aliphatic carbocycles. The molecule has 102 valence electrons. The van der Waals surface area contributed by atoms with Gasteiger partial charge >= 0.3 is 0 Å². The van der Waals surface area contributed by atoms with Gasteiger partial charge in [0, 0.05) is 11.3 Å². The van der Waals surface area contributed by atoms with Gasteiger partial charge in [-0.3, -0.25) is 4.79 Å². The number of hydrogen-bond acceptors (Lipinski definition) is 1. The van der Waals surface area contributed by atoms with Crippen molar-refractivity contribution in [2.45, 2.75) is 64.7 Å². The first-order valence-corrected chi connectivity index (χ1v) is 7.41. The molecule has 0 heterocycles. The van der Waals surface area contributed by atoms with Crippen molar-refractivity contribution in [3.05, 3.63) is 34.4 Å². The van der Waals surface area contributed by atoms with Crippen LogP contribution in [0.1, 0.15) is 63.3 Å². The Morgan fingerprint density at radius 2 is 1.89 bits per heavy atom. The Labute approximate surface area is 116 Å². The summed E-state index contributed by atoms with van der Waals surface area (Å²) in [5.41, 5.74) is 6.29. The van der Waals surface area contributed by atoms with E-state index in [4.69, 9.17) is 0 Å². The molecule has 0 aromatic heterocycles. The molecule has 19 heavy (non-hydrogen) atoms. The first kappa shape index (κ1) is 12.9. The van der Waals surface area contributed by atoms with E-state index in [0.29, 0.717) is 11.2 Å². The van der Waals surface area contributed by atoms with Crippen molar-refractivity contribution in [2.24, 2.45) is 5.92 Å². The molecule has 3 rings (SSSR count). The molecule has 0 amide bonds. The minimum atomic E-state index is 0.00688. The van der Waals surface area contributed by atoms with Gasteiger partial charge in [-0.1, -0.05) is 39.8 Å². The van der Waals surface area contributed by atoms with Gasteiger partial charge in [-0.2, -0.15) is 0 Å². The molecule has 0 spiro atoms. The van der Waals surface area contributed by atoms with Crippen LogP contribution < -0.4 is 0 Å². The van der Waals surface area contributed by atoms with Crippen LogP contribution in [0.2, 0.25) is 0 Å². The van der Waals surface area contributed by atoms with Crippen LogP contribution in [-0.2, 0) is 28.5 Å². The highest BCUT2D eigenvalue weighted by molar-refractivity contribution is 5.82. The molecule has 1 atom stereocenters. The van der Waals surface area contributed by atoms with Crippen molar-refractivity contribution in [2.75, 3.05) is 0 Å². The SMILES string of the molecule is CC(=O)C1Cc2ccc3c(c2C1(C)C)CCC3(C)C. The molecule has 2 aliphatic rings. The molecule has 0 N–H and O–H groups in total.